The van der Waals surface area contributed by atoms with Crippen molar-refractivity contribution < 1.29 is 9.53 Å². The molecule has 1 fully saturated rings. The maximum absolute atomic E-state index is 11.4. The minimum atomic E-state index is -0.0475. The van der Waals surface area contributed by atoms with Gasteiger partial charge in [0.25, 0.3) is 0 Å². The molecular weight excluding hydrogens is 166 g/mol. The van der Waals surface area contributed by atoms with E-state index in [2.05, 4.69) is 19.2 Å². The van der Waals surface area contributed by atoms with E-state index in [1.54, 1.807) is 0 Å². The first-order valence-electron chi connectivity index (χ1n) is 5.05. The zero-order valence-electron chi connectivity index (χ0n) is 8.67. The zero-order chi connectivity index (χ0) is 9.84. The summed E-state index contributed by atoms with van der Waals surface area (Å²) in [4.78, 5) is 11.4. The number of carbonyl (C=O) groups excluding carboxylic acids is 1. The average Bonchev–Trinajstić information content (AvgIpc) is 2.10. The minimum Gasteiger partial charge on any atom is -0.466 e. The minimum absolute atomic E-state index is 0.0475. The van der Waals surface area contributed by atoms with Crippen LogP contribution in [-0.4, -0.2) is 25.2 Å². The van der Waals surface area contributed by atoms with Gasteiger partial charge in [-0.05, 0) is 26.2 Å². The number of ether oxygens (including phenoxy) is 1. The molecular formula is C10H19NO2. The molecule has 1 rings (SSSR count). The molecule has 3 nitrogen and oxygen atoms in total. The number of hydrogen-bond donors (Lipinski definition) is 1. The van der Waals surface area contributed by atoms with Gasteiger partial charge >= 0.3 is 5.97 Å². The number of piperidine rings is 1. The van der Waals surface area contributed by atoms with Crippen molar-refractivity contribution in [3.63, 3.8) is 0 Å². The molecule has 0 radical (unpaired) electrons. The van der Waals surface area contributed by atoms with Crippen molar-refractivity contribution in [2.24, 2.45) is 11.8 Å². The quantitative estimate of drug-likeness (QED) is 0.657. The van der Waals surface area contributed by atoms with Crippen LogP contribution in [0.25, 0.3) is 0 Å². The van der Waals surface area contributed by atoms with Crippen molar-refractivity contribution in [2.45, 2.75) is 33.2 Å². The van der Waals surface area contributed by atoms with Gasteiger partial charge in [0.05, 0.1) is 12.5 Å². The van der Waals surface area contributed by atoms with Crippen LogP contribution >= 0.6 is 0 Å². The molecule has 0 aromatic rings. The second-order valence-electron chi connectivity index (χ2n) is 3.86. The molecule has 0 aliphatic carbocycles. The largest absolute Gasteiger partial charge is 0.466 e. The number of esters is 1. The number of carbonyl (C=O) groups is 1. The third-order valence-corrected chi connectivity index (χ3v) is 2.82. The molecule has 1 aliphatic rings. The normalized spacial score (nSPS) is 34.2. The van der Waals surface area contributed by atoms with Crippen LogP contribution in [0.3, 0.4) is 0 Å². The van der Waals surface area contributed by atoms with Gasteiger partial charge in [0.15, 0.2) is 0 Å². The van der Waals surface area contributed by atoms with E-state index < -0.39 is 0 Å². The van der Waals surface area contributed by atoms with Gasteiger partial charge in [-0.25, -0.2) is 0 Å². The van der Waals surface area contributed by atoms with E-state index >= 15 is 0 Å². The predicted octanol–water partition coefficient (Wildman–Crippen LogP) is 1.18. The molecule has 0 aromatic heterocycles. The molecule has 0 bridgehead atoms. The fraction of sp³-hybridized carbons (Fsp3) is 0.900. The molecule has 0 aromatic carbocycles. The van der Waals surface area contributed by atoms with Crippen molar-refractivity contribution in [1.82, 2.24) is 5.32 Å². The molecule has 1 N–H and O–H groups in total. The van der Waals surface area contributed by atoms with Crippen molar-refractivity contribution in [2.75, 3.05) is 13.2 Å². The van der Waals surface area contributed by atoms with Crippen molar-refractivity contribution >= 4 is 5.97 Å². The molecule has 1 saturated heterocycles. The lowest BCUT2D eigenvalue weighted by atomic mass is 9.87. The van der Waals surface area contributed by atoms with Gasteiger partial charge in [0, 0.05) is 12.6 Å². The van der Waals surface area contributed by atoms with Crippen LogP contribution in [0.4, 0.5) is 0 Å². The molecule has 3 heteroatoms. The van der Waals surface area contributed by atoms with E-state index in [-0.39, 0.29) is 11.9 Å². The van der Waals surface area contributed by atoms with Crippen LogP contribution in [0.1, 0.15) is 27.2 Å². The maximum Gasteiger partial charge on any atom is 0.310 e. The third-order valence-electron chi connectivity index (χ3n) is 2.82. The highest BCUT2D eigenvalue weighted by atomic mass is 16.5. The summed E-state index contributed by atoms with van der Waals surface area (Å²) in [7, 11) is 0. The Morgan fingerprint density at radius 3 is 2.77 bits per heavy atom. The molecule has 0 saturated carbocycles. The first-order chi connectivity index (χ1) is 6.15. The Kier molecular flexibility index (Phi) is 3.72. The summed E-state index contributed by atoms with van der Waals surface area (Å²) < 4.78 is 4.99. The molecule has 0 unspecified atom stereocenters. The highest BCUT2D eigenvalue weighted by molar-refractivity contribution is 5.72. The highest BCUT2D eigenvalue weighted by Gasteiger charge is 2.29. The second-order valence-corrected chi connectivity index (χ2v) is 3.86. The van der Waals surface area contributed by atoms with Gasteiger partial charge in [-0.15, -0.1) is 0 Å². The van der Waals surface area contributed by atoms with Gasteiger partial charge < -0.3 is 10.1 Å². The lowest BCUT2D eigenvalue weighted by Crippen LogP contribution is -2.45. The monoisotopic (exact) mass is 185 g/mol. The van der Waals surface area contributed by atoms with Crippen LogP contribution in [-0.2, 0) is 9.53 Å². The predicted molar refractivity (Wildman–Crippen MR) is 51.4 cm³/mol. The van der Waals surface area contributed by atoms with Gasteiger partial charge in [-0.2, -0.15) is 0 Å². The summed E-state index contributed by atoms with van der Waals surface area (Å²) in [6.07, 6.45) is 0.951. The molecule has 3 atom stereocenters. The zero-order valence-corrected chi connectivity index (χ0v) is 8.67. The standard InChI is InChI=1S/C10H19NO2/c1-4-13-10(12)9-5-7(2)8(3)11-6-9/h7-9,11H,4-6H2,1-3H3/t7-,8-,9+/m1/s1. The Hall–Kier alpha value is -0.570. The lowest BCUT2D eigenvalue weighted by molar-refractivity contribution is -0.149. The first kappa shape index (κ1) is 10.5. The molecule has 0 spiro atoms. The summed E-state index contributed by atoms with van der Waals surface area (Å²) in [6, 6.07) is 0.519. The number of hydrogen-bond acceptors (Lipinski definition) is 3. The summed E-state index contributed by atoms with van der Waals surface area (Å²) in [5.41, 5.74) is 0. The summed E-state index contributed by atoms with van der Waals surface area (Å²) in [5.74, 6) is 0.572. The van der Waals surface area contributed by atoms with Crippen molar-refractivity contribution in [3.05, 3.63) is 0 Å². The van der Waals surface area contributed by atoms with Crippen LogP contribution in [0.2, 0.25) is 0 Å². The number of nitrogens with one attached hydrogen (secondary N) is 1. The molecule has 0 amide bonds. The van der Waals surface area contributed by atoms with Gasteiger partial charge in [-0.1, -0.05) is 6.92 Å². The molecule has 1 aliphatic heterocycles. The van der Waals surface area contributed by atoms with Crippen LogP contribution in [0.15, 0.2) is 0 Å². The summed E-state index contributed by atoms with van der Waals surface area (Å²) >= 11 is 0. The Morgan fingerprint density at radius 1 is 1.54 bits per heavy atom. The lowest BCUT2D eigenvalue weighted by Gasteiger charge is -2.31. The second kappa shape index (κ2) is 4.61. The highest BCUT2D eigenvalue weighted by Crippen LogP contribution is 2.21. The average molecular weight is 185 g/mol. The van der Waals surface area contributed by atoms with Gasteiger partial charge in [0.1, 0.15) is 0 Å². The van der Waals surface area contributed by atoms with Crippen molar-refractivity contribution in [3.8, 4) is 0 Å². The topological polar surface area (TPSA) is 38.3 Å². The van der Waals surface area contributed by atoms with Crippen LogP contribution in [0.5, 0.6) is 0 Å². The molecule has 13 heavy (non-hydrogen) atoms. The van der Waals surface area contributed by atoms with E-state index in [0.717, 1.165) is 13.0 Å². The Labute approximate surface area is 79.8 Å². The smallest absolute Gasteiger partial charge is 0.310 e. The fourth-order valence-corrected chi connectivity index (χ4v) is 1.71. The van der Waals surface area contributed by atoms with E-state index in [4.69, 9.17) is 4.74 Å². The van der Waals surface area contributed by atoms with Gasteiger partial charge in [0.2, 0.25) is 0 Å². The van der Waals surface area contributed by atoms with E-state index in [9.17, 15) is 4.79 Å². The van der Waals surface area contributed by atoms with Gasteiger partial charge in [-0.3, -0.25) is 4.79 Å². The van der Waals surface area contributed by atoms with Crippen LogP contribution in [0, 0.1) is 11.8 Å². The molecule has 76 valence electrons. The summed E-state index contributed by atoms with van der Waals surface area (Å²) in [5, 5.41) is 3.32. The van der Waals surface area contributed by atoms with E-state index in [1.807, 2.05) is 6.92 Å². The Morgan fingerprint density at radius 2 is 2.23 bits per heavy atom. The summed E-state index contributed by atoms with van der Waals surface area (Å²) in [6.45, 7) is 7.43. The third kappa shape index (κ3) is 2.69. The van der Waals surface area contributed by atoms with E-state index in [0.29, 0.717) is 18.6 Å². The molecule has 1 heterocycles. The first-order valence-corrected chi connectivity index (χ1v) is 5.05. The fourth-order valence-electron chi connectivity index (χ4n) is 1.71. The Bertz CT molecular complexity index is 182. The number of rotatable bonds is 2. The SMILES string of the molecule is CCOC(=O)[C@@H]1CN[C@H](C)[C@H](C)C1. The maximum atomic E-state index is 11.4. The van der Waals surface area contributed by atoms with Crippen LogP contribution < -0.4 is 5.32 Å². The van der Waals surface area contributed by atoms with E-state index in [1.165, 1.54) is 0 Å². The van der Waals surface area contributed by atoms with Crippen molar-refractivity contribution in [1.29, 1.82) is 0 Å². The Balaban J connectivity index is 2.40.